The number of aromatic nitrogens is 1. The number of hydrogen-bond acceptors (Lipinski definition) is 3. The predicted octanol–water partition coefficient (Wildman–Crippen LogP) is 4.54. The maximum Gasteiger partial charge on any atom is 0.250 e. The molecule has 0 radical (unpaired) electrons. The number of fused-ring (bicyclic) bond motifs is 2. The van der Waals surface area contributed by atoms with Crippen LogP contribution in [0.15, 0.2) is 36.4 Å². The maximum absolute atomic E-state index is 11.9. The summed E-state index contributed by atoms with van der Waals surface area (Å²) < 4.78 is 1.14. The lowest BCUT2D eigenvalue weighted by Crippen LogP contribution is -2.32. The summed E-state index contributed by atoms with van der Waals surface area (Å²) in [5, 5.41) is 2.01. The van der Waals surface area contributed by atoms with Crippen molar-refractivity contribution in [1.29, 1.82) is 0 Å². The van der Waals surface area contributed by atoms with Crippen molar-refractivity contribution in [2.45, 2.75) is 25.8 Å². The Kier molecular flexibility index (Phi) is 5.99. The van der Waals surface area contributed by atoms with Crippen LogP contribution < -0.4 is 5.73 Å². The molecule has 1 aromatic heterocycles. The first-order valence-electron chi connectivity index (χ1n) is 8.65. The summed E-state index contributed by atoms with van der Waals surface area (Å²) in [7, 11) is 0. The van der Waals surface area contributed by atoms with Crippen LogP contribution in [-0.4, -0.2) is 34.4 Å². The number of alkyl halides is 1. The van der Waals surface area contributed by atoms with Crippen LogP contribution in [0.5, 0.6) is 0 Å². The number of carbonyl (C=O) groups is 1. The number of hydrogen-bond donors (Lipinski definition) is 1. The van der Waals surface area contributed by atoms with Crippen molar-refractivity contribution in [2.75, 3.05) is 13.1 Å². The fraction of sp³-hybridized carbons (Fsp3) is 0.300. The number of nitrogens with two attached hydrogens (primary N) is 1. The van der Waals surface area contributed by atoms with Crippen LogP contribution >= 0.6 is 34.2 Å². The lowest BCUT2D eigenvalue weighted by Gasteiger charge is -2.25. The second kappa shape index (κ2) is 8.06. The highest BCUT2D eigenvalue weighted by molar-refractivity contribution is 14.1. The van der Waals surface area contributed by atoms with Gasteiger partial charge >= 0.3 is 0 Å². The van der Waals surface area contributed by atoms with Crippen LogP contribution in [0.2, 0.25) is 0 Å². The highest BCUT2D eigenvalue weighted by Gasteiger charge is 2.19. The van der Waals surface area contributed by atoms with Gasteiger partial charge in [0.2, 0.25) is 0 Å². The first kappa shape index (κ1) is 19.3. The molecule has 4 nitrogen and oxygen atoms in total. The molecular weight excluding hydrogens is 461 g/mol. The Labute approximate surface area is 171 Å². The van der Waals surface area contributed by atoms with Gasteiger partial charge in [0.25, 0.3) is 5.91 Å². The number of carbonyl (C=O) groups excluding carboxylic acids is 1. The number of para-hydroxylation sites is 1. The minimum atomic E-state index is -0.468. The quantitative estimate of drug-likeness (QED) is 0.243. The summed E-state index contributed by atoms with van der Waals surface area (Å²) in [6, 6.07) is 11.7. The highest BCUT2D eigenvalue weighted by atomic mass is 127. The van der Waals surface area contributed by atoms with Gasteiger partial charge in [-0.05, 0) is 65.5 Å². The van der Waals surface area contributed by atoms with E-state index in [2.05, 4.69) is 47.4 Å². The molecule has 1 heterocycles. The molecule has 3 aromatic rings. The molecule has 0 aliphatic carbocycles. The zero-order valence-electron chi connectivity index (χ0n) is 14.8. The number of rotatable bonds is 6. The average Bonchev–Trinajstić information content (AvgIpc) is 2.62. The number of primary amides is 1. The van der Waals surface area contributed by atoms with Crippen molar-refractivity contribution in [1.82, 2.24) is 9.88 Å². The summed E-state index contributed by atoms with van der Waals surface area (Å²) in [6.45, 7) is 5.98. The van der Waals surface area contributed by atoms with Gasteiger partial charge in [-0.1, -0.05) is 26.0 Å². The summed E-state index contributed by atoms with van der Waals surface area (Å²) in [5.74, 6) is -0.468. The Morgan fingerprint density at radius 1 is 1.23 bits per heavy atom. The number of nitrogens with zero attached hydrogens (tertiary/aromatic N) is 2. The highest BCUT2D eigenvalue weighted by Crippen LogP contribution is 2.31. The van der Waals surface area contributed by atoms with Crippen molar-refractivity contribution >= 4 is 61.9 Å². The van der Waals surface area contributed by atoms with Crippen LogP contribution in [0.3, 0.4) is 0 Å². The monoisotopic (exact) mass is 481 g/mol. The molecule has 1 atom stereocenters. The first-order chi connectivity index (χ1) is 12.5. The predicted molar refractivity (Wildman–Crippen MR) is 117 cm³/mol. The van der Waals surface area contributed by atoms with Crippen LogP contribution in [-0.2, 0) is 6.42 Å². The second-order valence-corrected chi connectivity index (χ2v) is 7.93. The van der Waals surface area contributed by atoms with E-state index in [1.807, 2.05) is 24.3 Å². The Morgan fingerprint density at radius 2 is 1.96 bits per heavy atom. The smallest absolute Gasteiger partial charge is 0.250 e. The first-order valence-corrected chi connectivity index (χ1v) is 10.2. The van der Waals surface area contributed by atoms with E-state index >= 15 is 0 Å². The zero-order valence-corrected chi connectivity index (χ0v) is 17.7. The number of amides is 1. The molecule has 1 unspecified atom stereocenters. The lowest BCUT2D eigenvalue weighted by molar-refractivity contribution is 0.100. The third kappa shape index (κ3) is 3.66. The molecule has 0 saturated heterocycles. The summed E-state index contributed by atoms with van der Waals surface area (Å²) >= 11 is 9.04. The summed E-state index contributed by atoms with van der Waals surface area (Å²) in [6.07, 6.45) is 0.668. The molecule has 0 bridgehead atoms. The van der Waals surface area contributed by atoms with E-state index in [-0.39, 0.29) is 5.50 Å². The molecule has 0 saturated carbocycles. The van der Waals surface area contributed by atoms with Crippen molar-refractivity contribution in [3.63, 3.8) is 0 Å². The van der Waals surface area contributed by atoms with E-state index in [4.69, 9.17) is 22.3 Å². The van der Waals surface area contributed by atoms with Crippen molar-refractivity contribution < 1.29 is 4.79 Å². The molecule has 2 N–H and O–H groups in total. The topological polar surface area (TPSA) is 59.2 Å². The van der Waals surface area contributed by atoms with E-state index in [0.717, 1.165) is 38.5 Å². The molecule has 3 rings (SSSR count). The van der Waals surface area contributed by atoms with Crippen LogP contribution in [0.1, 0.15) is 29.8 Å². The van der Waals surface area contributed by atoms with Gasteiger partial charge in [0.15, 0.2) is 0 Å². The van der Waals surface area contributed by atoms with Gasteiger partial charge < -0.3 is 5.73 Å². The Bertz CT molecular complexity index is 972. The van der Waals surface area contributed by atoms with Gasteiger partial charge in [-0.2, -0.15) is 0 Å². The van der Waals surface area contributed by atoms with Crippen molar-refractivity contribution in [2.24, 2.45) is 5.73 Å². The molecule has 136 valence electrons. The molecule has 26 heavy (non-hydrogen) atoms. The molecule has 0 fully saturated rings. The van der Waals surface area contributed by atoms with Gasteiger partial charge in [0.1, 0.15) is 0 Å². The normalized spacial score (nSPS) is 12.8. The molecular formula is C20H21ClIN3O. The zero-order chi connectivity index (χ0) is 18.8. The summed E-state index contributed by atoms with van der Waals surface area (Å²) in [4.78, 5) is 18.8. The standard InChI is InChI=1S/C20H21ClIN3O/c1-3-25(4-2)18(21)11-15-13-6-5-7-14(20(23)26)19(13)24-17-9-8-12(22)10-16(15)17/h5-10,18H,3-4,11H2,1-2H3,(H2,23,26). The second-order valence-electron chi connectivity index (χ2n) is 6.18. The number of likely N-dealkylation sites (N-methyl/N-ethyl adjacent to an activating group) is 1. The molecule has 1 amide bonds. The van der Waals surface area contributed by atoms with E-state index in [9.17, 15) is 4.79 Å². The fourth-order valence-corrected chi connectivity index (χ4v) is 4.28. The fourth-order valence-electron chi connectivity index (χ4n) is 3.36. The van der Waals surface area contributed by atoms with Crippen LogP contribution in [0, 0.1) is 3.57 Å². The van der Waals surface area contributed by atoms with Crippen LogP contribution in [0.4, 0.5) is 0 Å². The SMILES string of the molecule is CCN(CC)C(Cl)Cc1c2cc(I)ccc2nc2c(C(N)=O)cccc12. The Balaban J connectivity index is 2.29. The van der Waals surface area contributed by atoms with Gasteiger partial charge in [0, 0.05) is 20.8 Å². The molecule has 0 aliphatic heterocycles. The minimum absolute atomic E-state index is 0.131. The summed E-state index contributed by atoms with van der Waals surface area (Å²) in [5.41, 5.74) is 8.50. The molecule has 6 heteroatoms. The number of halogens is 2. The van der Waals surface area contributed by atoms with Crippen LogP contribution in [0.25, 0.3) is 21.8 Å². The van der Waals surface area contributed by atoms with Gasteiger partial charge in [-0.3, -0.25) is 9.69 Å². The van der Waals surface area contributed by atoms with E-state index < -0.39 is 5.91 Å². The van der Waals surface area contributed by atoms with Gasteiger partial charge in [-0.25, -0.2) is 4.98 Å². The molecule has 0 spiro atoms. The molecule has 0 aliphatic rings. The number of benzene rings is 2. The Morgan fingerprint density at radius 3 is 2.62 bits per heavy atom. The maximum atomic E-state index is 11.9. The lowest BCUT2D eigenvalue weighted by atomic mass is 9.97. The van der Waals surface area contributed by atoms with Gasteiger partial charge in [0.05, 0.1) is 22.1 Å². The number of pyridine rings is 1. The molecule has 2 aromatic carbocycles. The third-order valence-corrected chi connectivity index (χ3v) is 5.83. The Hall–Kier alpha value is -1.44. The third-order valence-electron chi connectivity index (χ3n) is 4.72. The average molecular weight is 482 g/mol. The van der Waals surface area contributed by atoms with Crippen molar-refractivity contribution in [3.8, 4) is 0 Å². The van der Waals surface area contributed by atoms with Crippen molar-refractivity contribution in [3.05, 3.63) is 51.1 Å². The van der Waals surface area contributed by atoms with E-state index in [0.29, 0.717) is 17.5 Å². The van der Waals surface area contributed by atoms with Gasteiger partial charge in [-0.15, -0.1) is 11.6 Å². The minimum Gasteiger partial charge on any atom is -0.366 e. The van der Waals surface area contributed by atoms with E-state index in [1.165, 1.54) is 0 Å². The van der Waals surface area contributed by atoms with E-state index in [1.54, 1.807) is 6.07 Å². The largest absolute Gasteiger partial charge is 0.366 e.